The fourth-order valence-electron chi connectivity index (χ4n) is 3.30. The van der Waals surface area contributed by atoms with Crippen molar-refractivity contribution < 1.29 is 14.3 Å². The molecule has 0 saturated carbocycles. The molecule has 1 atom stereocenters. The number of nitrogens with zero attached hydrogens (tertiary/aromatic N) is 3. The van der Waals surface area contributed by atoms with Crippen LogP contribution < -0.4 is 14.8 Å². The van der Waals surface area contributed by atoms with Crippen molar-refractivity contribution >= 4 is 11.6 Å². The monoisotopic (exact) mass is 372 g/mol. The van der Waals surface area contributed by atoms with E-state index in [4.69, 9.17) is 9.47 Å². The largest absolute Gasteiger partial charge is 0.486 e. The van der Waals surface area contributed by atoms with E-state index in [1.165, 1.54) is 0 Å². The van der Waals surface area contributed by atoms with Gasteiger partial charge in [0.15, 0.2) is 11.5 Å². The molecule has 146 valence electrons. The van der Waals surface area contributed by atoms with Gasteiger partial charge < -0.3 is 14.8 Å². The lowest BCUT2D eigenvalue weighted by Crippen LogP contribution is -2.32. The second kappa shape index (κ2) is 8.00. The zero-order valence-corrected chi connectivity index (χ0v) is 16.7. The van der Waals surface area contributed by atoms with Gasteiger partial charge in [0.2, 0.25) is 5.91 Å². The Morgan fingerprint density at radius 1 is 1.30 bits per heavy atom. The lowest BCUT2D eigenvalue weighted by atomic mass is 10.1. The third-order valence-corrected chi connectivity index (χ3v) is 5.05. The normalized spacial score (nSPS) is 14.3. The van der Waals surface area contributed by atoms with Crippen molar-refractivity contribution in [2.24, 2.45) is 0 Å². The van der Waals surface area contributed by atoms with Gasteiger partial charge in [-0.3, -0.25) is 14.4 Å². The van der Waals surface area contributed by atoms with E-state index < -0.39 is 0 Å². The Labute approximate surface area is 160 Å². The van der Waals surface area contributed by atoms with Crippen molar-refractivity contribution in [3.05, 3.63) is 35.2 Å². The van der Waals surface area contributed by atoms with Crippen LogP contribution in [-0.4, -0.2) is 47.4 Å². The van der Waals surface area contributed by atoms with Gasteiger partial charge in [-0.15, -0.1) is 0 Å². The molecule has 0 spiro atoms. The number of ether oxygens (including phenoxy) is 2. The van der Waals surface area contributed by atoms with Crippen LogP contribution in [0.4, 0.5) is 5.69 Å². The van der Waals surface area contributed by atoms with Crippen molar-refractivity contribution in [2.45, 2.75) is 40.3 Å². The van der Waals surface area contributed by atoms with Crippen LogP contribution in [0.25, 0.3) is 0 Å². The molecular weight excluding hydrogens is 344 g/mol. The van der Waals surface area contributed by atoms with Crippen molar-refractivity contribution in [1.29, 1.82) is 0 Å². The van der Waals surface area contributed by atoms with Crippen molar-refractivity contribution in [1.82, 2.24) is 14.7 Å². The fourth-order valence-corrected chi connectivity index (χ4v) is 3.30. The fraction of sp³-hybridized carbons (Fsp3) is 0.500. The first-order valence-electron chi connectivity index (χ1n) is 9.34. The number of amides is 1. The zero-order chi connectivity index (χ0) is 19.6. The quantitative estimate of drug-likeness (QED) is 0.844. The number of anilines is 1. The number of likely N-dealkylation sites (N-methyl/N-ethyl adjacent to an activating group) is 1. The first-order chi connectivity index (χ1) is 12.9. The van der Waals surface area contributed by atoms with Gasteiger partial charge in [-0.25, -0.2) is 0 Å². The van der Waals surface area contributed by atoms with E-state index in [0.717, 1.165) is 40.7 Å². The highest BCUT2D eigenvalue weighted by atomic mass is 16.6. The van der Waals surface area contributed by atoms with Crippen LogP contribution in [0.3, 0.4) is 0 Å². The molecule has 1 aromatic heterocycles. The number of aryl methyl sites for hydroxylation is 2. The Bertz CT molecular complexity index is 831. The summed E-state index contributed by atoms with van der Waals surface area (Å²) < 4.78 is 13.1. The van der Waals surface area contributed by atoms with E-state index in [2.05, 4.69) is 17.3 Å². The van der Waals surface area contributed by atoms with Crippen molar-refractivity contribution in [3.63, 3.8) is 0 Å². The van der Waals surface area contributed by atoms with Gasteiger partial charge in [-0.05, 0) is 52.4 Å². The summed E-state index contributed by atoms with van der Waals surface area (Å²) in [4.78, 5) is 14.6. The molecule has 0 radical (unpaired) electrons. The lowest BCUT2D eigenvalue weighted by Gasteiger charge is -2.26. The van der Waals surface area contributed by atoms with Crippen molar-refractivity contribution in [2.75, 3.05) is 32.1 Å². The Morgan fingerprint density at radius 3 is 2.67 bits per heavy atom. The lowest BCUT2D eigenvalue weighted by molar-refractivity contribution is -0.117. The van der Waals surface area contributed by atoms with Gasteiger partial charge in [-0.2, -0.15) is 5.10 Å². The van der Waals surface area contributed by atoms with Crippen LogP contribution in [0.2, 0.25) is 0 Å². The summed E-state index contributed by atoms with van der Waals surface area (Å²) in [5.74, 6) is 1.49. The summed E-state index contributed by atoms with van der Waals surface area (Å²) in [7, 11) is 1.94. The van der Waals surface area contributed by atoms with E-state index in [1.807, 2.05) is 55.6 Å². The molecule has 2 heterocycles. The molecule has 0 aliphatic carbocycles. The van der Waals surface area contributed by atoms with E-state index in [9.17, 15) is 4.79 Å². The molecule has 3 rings (SSSR count). The molecule has 1 amide bonds. The Morgan fingerprint density at radius 2 is 2.00 bits per heavy atom. The molecule has 0 bridgehead atoms. The minimum Gasteiger partial charge on any atom is -0.486 e. The first-order valence-corrected chi connectivity index (χ1v) is 9.34. The van der Waals surface area contributed by atoms with Crippen LogP contribution in [0.15, 0.2) is 18.2 Å². The number of aromatic nitrogens is 2. The number of carbonyl (C=O) groups is 1. The minimum absolute atomic E-state index is 0.0521. The van der Waals surface area contributed by atoms with E-state index >= 15 is 0 Å². The SMILES string of the molecule is CCn1nc(C)c(NC(=O)CN(C)[C@@H](C)c2ccc3c(c2)OCCO3)c1C. The van der Waals surface area contributed by atoms with Gasteiger partial charge in [0.25, 0.3) is 0 Å². The molecule has 1 aliphatic rings. The average molecular weight is 372 g/mol. The van der Waals surface area contributed by atoms with Crippen LogP contribution in [0.1, 0.15) is 36.8 Å². The summed E-state index contributed by atoms with van der Waals surface area (Å²) in [5.41, 5.74) is 3.71. The van der Waals surface area contributed by atoms with E-state index in [1.54, 1.807) is 0 Å². The van der Waals surface area contributed by atoms with E-state index in [0.29, 0.717) is 13.2 Å². The molecule has 1 N–H and O–H groups in total. The van der Waals surface area contributed by atoms with Crippen LogP contribution in [-0.2, 0) is 11.3 Å². The molecule has 1 aromatic carbocycles. The molecule has 0 fully saturated rings. The predicted octanol–water partition coefficient (Wildman–Crippen LogP) is 2.92. The summed E-state index contributed by atoms with van der Waals surface area (Å²) in [6.07, 6.45) is 0. The topological polar surface area (TPSA) is 68.6 Å². The Hall–Kier alpha value is -2.54. The highest BCUT2D eigenvalue weighted by Gasteiger charge is 2.20. The van der Waals surface area contributed by atoms with Crippen LogP contribution >= 0.6 is 0 Å². The molecule has 7 heteroatoms. The number of fused-ring (bicyclic) bond motifs is 1. The third kappa shape index (κ3) is 4.08. The molecule has 0 unspecified atom stereocenters. The molecule has 0 saturated heterocycles. The summed E-state index contributed by atoms with van der Waals surface area (Å²) >= 11 is 0. The van der Waals surface area contributed by atoms with Gasteiger partial charge in [0, 0.05) is 12.6 Å². The second-order valence-electron chi connectivity index (χ2n) is 6.90. The standard InChI is InChI=1S/C20H28N4O3/c1-6-24-15(4)20(13(2)22-24)21-19(25)12-23(5)14(3)16-7-8-17-18(11-16)27-10-9-26-17/h7-8,11,14H,6,9-10,12H2,1-5H3,(H,21,25)/t14-/m0/s1. The Kier molecular flexibility index (Phi) is 5.70. The molecule has 2 aromatic rings. The zero-order valence-electron chi connectivity index (χ0n) is 16.7. The van der Waals surface area contributed by atoms with Crippen LogP contribution in [0, 0.1) is 13.8 Å². The highest BCUT2D eigenvalue weighted by molar-refractivity contribution is 5.93. The summed E-state index contributed by atoms with van der Waals surface area (Å²) in [6.45, 7) is 10.2. The first kappa shape index (κ1) is 19.2. The molecule has 1 aliphatic heterocycles. The number of carbonyl (C=O) groups excluding carboxylic acids is 1. The van der Waals surface area contributed by atoms with E-state index in [-0.39, 0.29) is 18.5 Å². The van der Waals surface area contributed by atoms with Gasteiger partial charge >= 0.3 is 0 Å². The number of rotatable bonds is 6. The van der Waals surface area contributed by atoms with Gasteiger partial charge in [0.1, 0.15) is 13.2 Å². The minimum atomic E-state index is -0.0521. The maximum atomic E-state index is 12.6. The van der Waals surface area contributed by atoms with Crippen molar-refractivity contribution in [3.8, 4) is 11.5 Å². The number of benzene rings is 1. The average Bonchev–Trinajstić information content (AvgIpc) is 2.94. The highest BCUT2D eigenvalue weighted by Crippen LogP contribution is 2.33. The number of nitrogens with one attached hydrogen (secondary N) is 1. The van der Waals surface area contributed by atoms with Crippen LogP contribution in [0.5, 0.6) is 11.5 Å². The predicted molar refractivity (Wildman–Crippen MR) is 104 cm³/mol. The number of hydrogen-bond acceptors (Lipinski definition) is 5. The summed E-state index contributed by atoms with van der Waals surface area (Å²) in [6, 6.07) is 6.01. The molecular formula is C20H28N4O3. The van der Waals surface area contributed by atoms with Gasteiger partial charge in [0.05, 0.1) is 23.6 Å². The number of hydrogen-bond donors (Lipinski definition) is 1. The summed E-state index contributed by atoms with van der Waals surface area (Å²) in [5, 5.41) is 7.46. The maximum Gasteiger partial charge on any atom is 0.238 e. The van der Waals surface area contributed by atoms with Gasteiger partial charge in [-0.1, -0.05) is 6.07 Å². The third-order valence-electron chi connectivity index (χ3n) is 5.05. The smallest absolute Gasteiger partial charge is 0.238 e. The Balaban J connectivity index is 1.65. The maximum absolute atomic E-state index is 12.6. The molecule has 7 nitrogen and oxygen atoms in total. The molecule has 27 heavy (non-hydrogen) atoms. The second-order valence-corrected chi connectivity index (χ2v) is 6.90.